The van der Waals surface area contributed by atoms with Crippen molar-refractivity contribution in [3.8, 4) is 0 Å². The van der Waals surface area contributed by atoms with Gasteiger partial charge in [0.05, 0.1) is 6.10 Å². The van der Waals surface area contributed by atoms with Crippen molar-refractivity contribution in [3.63, 3.8) is 0 Å². The Morgan fingerprint density at radius 1 is 1.40 bits per heavy atom. The van der Waals surface area contributed by atoms with Gasteiger partial charge in [0.15, 0.2) is 0 Å². The minimum atomic E-state index is 0.509. The molecule has 1 aliphatic rings. The van der Waals surface area contributed by atoms with Gasteiger partial charge in [-0.25, -0.2) is 0 Å². The van der Waals surface area contributed by atoms with Gasteiger partial charge in [0.1, 0.15) is 0 Å². The van der Waals surface area contributed by atoms with Gasteiger partial charge >= 0.3 is 0 Å². The van der Waals surface area contributed by atoms with E-state index in [1.54, 1.807) is 0 Å². The summed E-state index contributed by atoms with van der Waals surface area (Å²) in [5.74, 6) is 1.61. The van der Waals surface area contributed by atoms with Crippen LogP contribution in [0.2, 0.25) is 0 Å². The lowest BCUT2D eigenvalue weighted by Crippen LogP contribution is -2.15. The molecule has 1 heteroatoms. The monoisotopic (exact) mass is 142 g/mol. The lowest BCUT2D eigenvalue weighted by molar-refractivity contribution is 0.103. The first-order chi connectivity index (χ1) is 4.75. The number of ether oxygens (including phenoxy) is 1. The maximum absolute atomic E-state index is 5.53. The van der Waals surface area contributed by atoms with E-state index in [4.69, 9.17) is 4.74 Å². The van der Waals surface area contributed by atoms with Gasteiger partial charge in [-0.1, -0.05) is 20.3 Å². The highest BCUT2D eigenvalue weighted by Crippen LogP contribution is 2.29. The third kappa shape index (κ3) is 1.51. The molecule has 1 aliphatic heterocycles. The van der Waals surface area contributed by atoms with E-state index in [2.05, 4.69) is 20.8 Å². The molecular formula is C9H18O. The molecule has 0 bridgehead atoms. The van der Waals surface area contributed by atoms with Crippen LogP contribution in [-0.2, 0) is 4.74 Å². The Kier molecular flexibility index (Phi) is 2.72. The van der Waals surface area contributed by atoms with Crippen LogP contribution in [0.4, 0.5) is 0 Å². The third-order valence-electron chi connectivity index (χ3n) is 2.58. The Hall–Kier alpha value is -0.0400. The molecule has 0 radical (unpaired) electrons. The van der Waals surface area contributed by atoms with Crippen LogP contribution in [0.15, 0.2) is 0 Å². The molecule has 0 amide bonds. The van der Waals surface area contributed by atoms with Crippen molar-refractivity contribution >= 4 is 0 Å². The second kappa shape index (κ2) is 3.38. The fraction of sp³-hybridized carbons (Fsp3) is 1.00. The van der Waals surface area contributed by atoms with Crippen molar-refractivity contribution in [3.05, 3.63) is 0 Å². The predicted octanol–water partition coefficient (Wildman–Crippen LogP) is 2.46. The molecule has 1 fully saturated rings. The van der Waals surface area contributed by atoms with Crippen LogP contribution in [0.1, 0.15) is 33.6 Å². The van der Waals surface area contributed by atoms with Crippen molar-refractivity contribution in [2.75, 3.05) is 6.61 Å². The van der Waals surface area contributed by atoms with E-state index in [0.717, 1.165) is 18.4 Å². The van der Waals surface area contributed by atoms with E-state index < -0.39 is 0 Å². The van der Waals surface area contributed by atoms with Crippen LogP contribution in [0, 0.1) is 11.8 Å². The van der Waals surface area contributed by atoms with E-state index in [0.29, 0.717) is 6.10 Å². The van der Waals surface area contributed by atoms with Crippen LogP contribution in [0.3, 0.4) is 0 Å². The van der Waals surface area contributed by atoms with Gasteiger partial charge in [0.2, 0.25) is 0 Å². The molecule has 0 saturated carbocycles. The topological polar surface area (TPSA) is 9.23 Å². The zero-order chi connectivity index (χ0) is 7.56. The van der Waals surface area contributed by atoms with E-state index in [1.807, 2.05) is 0 Å². The first-order valence-electron chi connectivity index (χ1n) is 4.37. The molecule has 0 aromatic rings. The standard InChI is InChI=1S/C9H18O/c1-4-5-9-7(2)6-10-8(9)3/h7-9H,4-6H2,1-3H3. The summed E-state index contributed by atoms with van der Waals surface area (Å²) < 4.78 is 5.53. The summed E-state index contributed by atoms with van der Waals surface area (Å²) in [6.45, 7) is 7.72. The molecule has 0 N–H and O–H groups in total. The van der Waals surface area contributed by atoms with Crippen LogP contribution >= 0.6 is 0 Å². The van der Waals surface area contributed by atoms with Gasteiger partial charge < -0.3 is 4.74 Å². The molecule has 0 aliphatic carbocycles. The highest BCUT2D eigenvalue weighted by atomic mass is 16.5. The van der Waals surface area contributed by atoms with E-state index in [1.165, 1.54) is 12.8 Å². The summed E-state index contributed by atoms with van der Waals surface area (Å²) in [6, 6.07) is 0. The smallest absolute Gasteiger partial charge is 0.0578 e. The van der Waals surface area contributed by atoms with Crippen LogP contribution in [0.5, 0.6) is 0 Å². The van der Waals surface area contributed by atoms with Gasteiger partial charge in [-0.3, -0.25) is 0 Å². The second-order valence-electron chi connectivity index (χ2n) is 3.47. The molecule has 0 spiro atoms. The average molecular weight is 142 g/mol. The Morgan fingerprint density at radius 3 is 2.50 bits per heavy atom. The third-order valence-corrected chi connectivity index (χ3v) is 2.58. The van der Waals surface area contributed by atoms with Crippen LogP contribution < -0.4 is 0 Å². The first-order valence-corrected chi connectivity index (χ1v) is 4.37. The van der Waals surface area contributed by atoms with Crippen molar-refractivity contribution in [1.29, 1.82) is 0 Å². The summed E-state index contributed by atoms with van der Waals surface area (Å²) >= 11 is 0. The minimum Gasteiger partial charge on any atom is -0.378 e. The second-order valence-corrected chi connectivity index (χ2v) is 3.47. The highest BCUT2D eigenvalue weighted by Gasteiger charge is 2.29. The Morgan fingerprint density at radius 2 is 2.10 bits per heavy atom. The molecular weight excluding hydrogens is 124 g/mol. The Bertz CT molecular complexity index is 90.9. The maximum atomic E-state index is 5.53. The predicted molar refractivity (Wildman–Crippen MR) is 43.0 cm³/mol. The first kappa shape index (κ1) is 8.06. The van der Waals surface area contributed by atoms with Crippen molar-refractivity contribution < 1.29 is 4.74 Å². The lowest BCUT2D eigenvalue weighted by Gasteiger charge is -2.15. The number of hydrogen-bond donors (Lipinski definition) is 0. The summed E-state index contributed by atoms with van der Waals surface area (Å²) in [5.41, 5.74) is 0. The largest absolute Gasteiger partial charge is 0.378 e. The van der Waals surface area contributed by atoms with Crippen molar-refractivity contribution in [1.82, 2.24) is 0 Å². The molecule has 3 atom stereocenters. The quantitative estimate of drug-likeness (QED) is 0.575. The molecule has 1 saturated heterocycles. The Balaban J connectivity index is 2.38. The van der Waals surface area contributed by atoms with Gasteiger partial charge in [-0.15, -0.1) is 0 Å². The lowest BCUT2D eigenvalue weighted by atomic mass is 9.89. The highest BCUT2D eigenvalue weighted by molar-refractivity contribution is 4.77. The normalized spacial score (nSPS) is 40.5. The molecule has 10 heavy (non-hydrogen) atoms. The molecule has 0 aromatic carbocycles. The zero-order valence-electron chi connectivity index (χ0n) is 7.26. The molecule has 1 nitrogen and oxygen atoms in total. The minimum absolute atomic E-state index is 0.509. The Labute approximate surface area is 63.8 Å². The van der Waals surface area contributed by atoms with E-state index >= 15 is 0 Å². The molecule has 0 aromatic heterocycles. The average Bonchev–Trinajstić information content (AvgIpc) is 2.20. The van der Waals surface area contributed by atoms with Gasteiger partial charge in [0.25, 0.3) is 0 Å². The van der Waals surface area contributed by atoms with Crippen LogP contribution in [-0.4, -0.2) is 12.7 Å². The van der Waals surface area contributed by atoms with Crippen molar-refractivity contribution in [2.45, 2.75) is 39.7 Å². The molecule has 1 heterocycles. The van der Waals surface area contributed by atoms with Gasteiger partial charge in [-0.2, -0.15) is 0 Å². The van der Waals surface area contributed by atoms with Gasteiger partial charge in [0, 0.05) is 6.61 Å². The molecule has 1 rings (SSSR count). The summed E-state index contributed by atoms with van der Waals surface area (Å²) in [7, 11) is 0. The SMILES string of the molecule is CCCC1C(C)COC1C. The van der Waals surface area contributed by atoms with Crippen molar-refractivity contribution in [2.24, 2.45) is 11.8 Å². The van der Waals surface area contributed by atoms with E-state index in [9.17, 15) is 0 Å². The number of rotatable bonds is 2. The maximum Gasteiger partial charge on any atom is 0.0578 e. The van der Waals surface area contributed by atoms with E-state index in [-0.39, 0.29) is 0 Å². The molecule has 3 unspecified atom stereocenters. The fourth-order valence-corrected chi connectivity index (χ4v) is 1.87. The zero-order valence-corrected chi connectivity index (χ0v) is 7.26. The molecule has 60 valence electrons. The fourth-order valence-electron chi connectivity index (χ4n) is 1.87. The number of hydrogen-bond acceptors (Lipinski definition) is 1. The summed E-state index contributed by atoms with van der Waals surface area (Å²) in [6.07, 6.45) is 3.14. The summed E-state index contributed by atoms with van der Waals surface area (Å²) in [4.78, 5) is 0. The van der Waals surface area contributed by atoms with Gasteiger partial charge in [-0.05, 0) is 25.2 Å². The van der Waals surface area contributed by atoms with Crippen LogP contribution in [0.25, 0.3) is 0 Å². The summed E-state index contributed by atoms with van der Waals surface area (Å²) in [5, 5.41) is 0.